The van der Waals surface area contributed by atoms with Crippen LogP contribution in [-0.4, -0.2) is 42.9 Å². The number of amides is 2. The van der Waals surface area contributed by atoms with Crippen molar-refractivity contribution in [3.05, 3.63) is 29.3 Å². The van der Waals surface area contributed by atoms with Crippen LogP contribution in [0, 0.1) is 11.8 Å². The number of carbonyl (C=O) groups is 2. The average molecular weight is 352 g/mol. The van der Waals surface area contributed by atoms with E-state index in [1.807, 2.05) is 26.0 Å². The van der Waals surface area contributed by atoms with Gasteiger partial charge in [0.05, 0.1) is 6.54 Å². The third-order valence-electron chi connectivity index (χ3n) is 4.17. The number of anilines is 1. The summed E-state index contributed by atoms with van der Waals surface area (Å²) in [4.78, 5) is 26.0. The molecule has 1 heterocycles. The molecule has 1 fully saturated rings. The number of nitrogens with one attached hydrogen (secondary N) is 2. The molecule has 2 N–H and O–H groups in total. The van der Waals surface area contributed by atoms with Gasteiger partial charge in [-0.1, -0.05) is 31.5 Å². The first-order valence-electron chi connectivity index (χ1n) is 8.49. The third kappa shape index (κ3) is 6.13. The molecule has 0 bridgehead atoms. The summed E-state index contributed by atoms with van der Waals surface area (Å²) in [7, 11) is 0. The summed E-state index contributed by atoms with van der Waals surface area (Å²) >= 11 is 5.93. The lowest BCUT2D eigenvalue weighted by Gasteiger charge is -2.32. The summed E-state index contributed by atoms with van der Waals surface area (Å²) in [6.07, 6.45) is 2.14. The van der Waals surface area contributed by atoms with E-state index < -0.39 is 0 Å². The fraction of sp³-hybridized carbons (Fsp3) is 0.556. The van der Waals surface area contributed by atoms with Crippen LogP contribution in [0.3, 0.4) is 0 Å². The summed E-state index contributed by atoms with van der Waals surface area (Å²) in [6, 6.07) is 7.15. The second kappa shape index (κ2) is 9.04. The van der Waals surface area contributed by atoms with Crippen LogP contribution >= 0.6 is 11.6 Å². The van der Waals surface area contributed by atoms with Gasteiger partial charge in [-0.3, -0.25) is 14.5 Å². The van der Waals surface area contributed by atoms with E-state index in [1.54, 1.807) is 12.1 Å². The van der Waals surface area contributed by atoms with Crippen LogP contribution in [0.2, 0.25) is 5.02 Å². The van der Waals surface area contributed by atoms with Crippen molar-refractivity contribution < 1.29 is 9.59 Å². The Kier molecular flexibility index (Phi) is 7.06. The molecule has 1 saturated heterocycles. The maximum atomic E-state index is 12.2. The molecule has 132 valence electrons. The molecule has 2 rings (SSSR count). The molecule has 0 saturated carbocycles. The van der Waals surface area contributed by atoms with Crippen LogP contribution in [0.1, 0.15) is 26.7 Å². The van der Waals surface area contributed by atoms with Gasteiger partial charge in [-0.15, -0.1) is 0 Å². The Morgan fingerprint density at radius 3 is 2.88 bits per heavy atom. The van der Waals surface area contributed by atoms with Crippen molar-refractivity contribution >= 4 is 29.1 Å². The SMILES string of the molecule is CC(C)C(=O)NCC1CCCN(CC(=O)Nc2cccc(Cl)c2)C1. The van der Waals surface area contributed by atoms with E-state index >= 15 is 0 Å². The predicted molar refractivity (Wildman–Crippen MR) is 97.1 cm³/mol. The van der Waals surface area contributed by atoms with Crippen molar-refractivity contribution in [2.75, 3.05) is 31.5 Å². The van der Waals surface area contributed by atoms with Crippen molar-refractivity contribution in [3.8, 4) is 0 Å². The van der Waals surface area contributed by atoms with Gasteiger partial charge in [0, 0.05) is 29.7 Å². The number of likely N-dealkylation sites (tertiary alicyclic amines) is 1. The fourth-order valence-corrected chi connectivity index (χ4v) is 3.07. The van der Waals surface area contributed by atoms with Crippen molar-refractivity contribution in [1.29, 1.82) is 0 Å². The molecule has 6 heteroatoms. The average Bonchev–Trinajstić information content (AvgIpc) is 2.52. The first-order valence-corrected chi connectivity index (χ1v) is 8.87. The Balaban J connectivity index is 1.77. The molecule has 0 aliphatic carbocycles. The number of benzene rings is 1. The third-order valence-corrected chi connectivity index (χ3v) is 4.40. The minimum Gasteiger partial charge on any atom is -0.356 e. The molecule has 24 heavy (non-hydrogen) atoms. The minimum absolute atomic E-state index is 0.00756. The highest BCUT2D eigenvalue weighted by Gasteiger charge is 2.22. The molecule has 1 aliphatic heterocycles. The van der Waals surface area contributed by atoms with Crippen LogP contribution in [0.25, 0.3) is 0 Å². The number of carbonyl (C=O) groups excluding carboxylic acids is 2. The van der Waals surface area contributed by atoms with Crippen molar-refractivity contribution in [3.63, 3.8) is 0 Å². The van der Waals surface area contributed by atoms with Crippen LogP contribution < -0.4 is 10.6 Å². The summed E-state index contributed by atoms with van der Waals surface area (Å²) in [6.45, 7) is 6.58. The Morgan fingerprint density at radius 1 is 1.38 bits per heavy atom. The number of rotatable bonds is 6. The molecule has 2 amide bonds. The van der Waals surface area contributed by atoms with Gasteiger partial charge < -0.3 is 10.6 Å². The lowest BCUT2D eigenvalue weighted by atomic mass is 9.97. The van der Waals surface area contributed by atoms with E-state index in [-0.39, 0.29) is 17.7 Å². The second-order valence-corrected chi connectivity index (χ2v) is 7.14. The van der Waals surface area contributed by atoms with Gasteiger partial charge in [0.25, 0.3) is 0 Å². The van der Waals surface area contributed by atoms with Gasteiger partial charge in [0.1, 0.15) is 0 Å². The smallest absolute Gasteiger partial charge is 0.238 e. The van der Waals surface area contributed by atoms with E-state index in [9.17, 15) is 9.59 Å². The maximum Gasteiger partial charge on any atom is 0.238 e. The summed E-state index contributed by atoms with van der Waals surface area (Å²) in [5.41, 5.74) is 0.713. The number of hydrogen-bond acceptors (Lipinski definition) is 3. The van der Waals surface area contributed by atoms with Crippen LogP contribution in [0.4, 0.5) is 5.69 Å². The molecule has 1 atom stereocenters. The number of nitrogens with zero attached hydrogens (tertiary/aromatic N) is 1. The van der Waals surface area contributed by atoms with Crippen molar-refractivity contribution in [2.45, 2.75) is 26.7 Å². The van der Waals surface area contributed by atoms with Crippen molar-refractivity contribution in [2.24, 2.45) is 11.8 Å². The van der Waals surface area contributed by atoms with Gasteiger partial charge in [0.15, 0.2) is 0 Å². The molecule has 5 nitrogen and oxygen atoms in total. The normalized spacial score (nSPS) is 18.4. The molecule has 1 aromatic rings. The molecule has 0 spiro atoms. The van der Waals surface area contributed by atoms with Gasteiger partial charge in [-0.05, 0) is 43.5 Å². The van der Waals surface area contributed by atoms with E-state index in [1.165, 1.54) is 0 Å². The van der Waals surface area contributed by atoms with Gasteiger partial charge in [0.2, 0.25) is 11.8 Å². The monoisotopic (exact) mass is 351 g/mol. The zero-order chi connectivity index (χ0) is 17.5. The van der Waals surface area contributed by atoms with Crippen LogP contribution in [0.5, 0.6) is 0 Å². The zero-order valence-corrected chi connectivity index (χ0v) is 15.1. The van der Waals surface area contributed by atoms with E-state index in [4.69, 9.17) is 11.6 Å². The van der Waals surface area contributed by atoms with Crippen molar-refractivity contribution in [1.82, 2.24) is 10.2 Å². The lowest BCUT2D eigenvalue weighted by molar-refractivity contribution is -0.124. The summed E-state index contributed by atoms with van der Waals surface area (Å²) in [5.74, 6) is 0.462. The van der Waals surface area contributed by atoms with E-state index in [2.05, 4.69) is 15.5 Å². The quantitative estimate of drug-likeness (QED) is 0.828. The minimum atomic E-state index is -0.0378. The lowest BCUT2D eigenvalue weighted by Crippen LogP contribution is -2.44. The molecule has 0 aromatic heterocycles. The second-order valence-electron chi connectivity index (χ2n) is 6.70. The Morgan fingerprint density at radius 2 is 2.17 bits per heavy atom. The van der Waals surface area contributed by atoms with Crippen LogP contribution in [-0.2, 0) is 9.59 Å². The highest BCUT2D eigenvalue weighted by atomic mass is 35.5. The standard InChI is InChI=1S/C18H26ClN3O2/c1-13(2)18(24)20-10-14-5-4-8-22(11-14)12-17(23)21-16-7-3-6-15(19)9-16/h3,6-7,9,13-14H,4-5,8,10-12H2,1-2H3,(H,20,24)(H,21,23). The Bertz CT molecular complexity index is 577. The maximum absolute atomic E-state index is 12.2. The van der Waals surface area contributed by atoms with Gasteiger partial charge >= 0.3 is 0 Å². The van der Waals surface area contributed by atoms with E-state index in [0.717, 1.165) is 25.9 Å². The summed E-state index contributed by atoms with van der Waals surface area (Å²) in [5, 5.41) is 6.47. The highest BCUT2D eigenvalue weighted by molar-refractivity contribution is 6.30. The molecule has 1 aromatic carbocycles. The Labute approximate surface area is 148 Å². The number of piperidine rings is 1. The topological polar surface area (TPSA) is 61.4 Å². The highest BCUT2D eigenvalue weighted by Crippen LogP contribution is 2.17. The first-order chi connectivity index (χ1) is 11.4. The van der Waals surface area contributed by atoms with Gasteiger partial charge in [-0.25, -0.2) is 0 Å². The molecule has 0 radical (unpaired) electrons. The molecular formula is C18H26ClN3O2. The molecular weight excluding hydrogens is 326 g/mol. The predicted octanol–water partition coefficient (Wildman–Crippen LogP) is 2.76. The zero-order valence-electron chi connectivity index (χ0n) is 14.3. The number of hydrogen-bond donors (Lipinski definition) is 2. The number of halogens is 1. The largest absolute Gasteiger partial charge is 0.356 e. The van der Waals surface area contributed by atoms with Crippen LogP contribution in [0.15, 0.2) is 24.3 Å². The van der Waals surface area contributed by atoms with E-state index in [0.29, 0.717) is 29.7 Å². The molecule has 1 unspecified atom stereocenters. The summed E-state index contributed by atoms with van der Waals surface area (Å²) < 4.78 is 0. The first kappa shape index (κ1) is 18.7. The molecule has 1 aliphatic rings. The fourth-order valence-electron chi connectivity index (χ4n) is 2.88. The van der Waals surface area contributed by atoms with Gasteiger partial charge in [-0.2, -0.15) is 0 Å². The Hall–Kier alpha value is -1.59.